The molecule has 3 heterocycles. The first-order valence-corrected chi connectivity index (χ1v) is 12.8. The van der Waals surface area contributed by atoms with Gasteiger partial charge < -0.3 is 20.1 Å². The molecule has 1 atom stereocenters. The van der Waals surface area contributed by atoms with Crippen LogP contribution < -0.4 is 10.6 Å². The number of aromatic nitrogens is 2. The second-order valence-corrected chi connectivity index (χ2v) is 10.4. The van der Waals surface area contributed by atoms with Crippen molar-refractivity contribution in [2.75, 3.05) is 32.0 Å². The first-order chi connectivity index (χ1) is 18.0. The number of nitrogens with one attached hydrogen (secondary N) is 2. The zero-order chi connectivity index (χ0) is 27.3. The van der Waals surface area contributed by atoms with E-state index in [1.165, 1.54) is 4.57 Å². The SMILES string of the molecule is CN1CCCC(NCc2ccc3c(c2)cc(C#CCNc2ccc(C(C)(C)C#N)nc2)n3CC(F)(F)F)C1. The van der Waals surface area contributed by atoms with Crippen molar-refractivity contribution in [1.29, 1.82) is 5.26 Å². The van der Waals surface area contributed by atoms with E-state index in [2.05, 4.69) is 45.5 Å². The van der Waals surface area contributed by atoms with E-state index in [4.69, 9.17) is 0 Å². The van der Waals surface area contributed by atoms with Gasteiger partial charge in [0.25, 0.3) is 0 Å². The summed E-state index contributed by atoms with van der Waals surface area (Å²) in [6, 6.07) is 13.5. The Hall–Kier alpha value is -3.53. The number of hydrogen-bond acceptors (Lipinski definition) is 5. The van der Waals surface area contributed by atoms with Gasteiger partial charge in [-0.1, -0.05) is 12.0 Å². The first kappa shape index (κ1) is 27.5. The number of nitrogens with zero attached hydrogens (tertiary/aromatic N) is 4. The van der Waals surface area contributed by atoms with Crippen molar-refractivity contribution in [3.05, 3.63) is 59.5 Å². The van der Waals surface area contributed by atoms with E-state index in [0.29, 0.717) is 35.2 Å². The molecule has 1 aliphatic rings. The van der Waals surface area contributed by atoms with Crippen molar-refractivity contribution in [3.8, 4) is 17.9 Å². The Morgan fingerprint density at radius 3 is 2.66 bits per heavy atom. The highest BCUT2D eigenvalue weighted by molar-refractivity contribution is 5.83. The molecule has 2 N–H and O–H groups in total. The number of hydrogen-bond donors (Lipinski definition) is 2. The minimum atomic E-state index is -4.36. The second-order valence-electron chi connectivity index (χ2n) is 10.4. The Kier molecular flexibility index (Phi) is 8.30. The third kappa shape index (κ3) is 7.06. The van der Waals surface area contributed by atoms with Crippen molar-refractivity contribution in [3.63, 3.8) is 0 Å². The molecule has 1 unspecified atom stereocenters. The molecule has 1 fully saturated rings. The van der Waals surface area contributed by atoms with E-state index >= 15 is 0 Å². The highest BCUT2D eigenvalue weighted by Crippen LogP contribution is 2.26. The lowest BCUT2D eigenvalue weighted by Gasteiger charge is -2.30. The number of nitriles is 1. The van der Waals surface area contributed by atoms with E-state index in [1.807, 2.05) is 18.2 Å². The van der Waals surface area contributed by atoms with Gasteiger partial charge in [0, 0.05) is 30.0 Å². The summed E-state index contributed by atoms with van der Waals surface area (Å²) in [5, 5.41) is 16.7. The van der Waals surface area contributed by atoms with Gasteiger partial charge in [-0.25, -0.2) is 0 Å². The van der Waals surface area contributed by atoms with Crippen LogP contribution in [0.3, 0.4) is 0 Å². The number of benzene rings is 1. The average Bonchev–Trinajstić information content (AvgIpc) is 3.20. The number of rotatable bonds is 7. The molecule has 0 radical (unpaired) electrons. The first-order valence-electron chi connectivity index (χ1n) is 12.8. The molecule has 2 aromatic heterocycles. The quantitative estimate of drug-likeness (QED) is 0.425. The lowest BCUT2D eigenvalue weighted by molar-refractivity contribution is -0.140. The summed E-state index contributed by atoms with van der Waals surface area (Å²) in [5.74, 6) is 5.85. The Balaban J connectivity index is 1.47. The Morgan fingerprint density at radius 2 is 1.97 bits per heavy atom. The largest absolute Gasteiger partial charge is 0.406 e. The number of anilines is 1. The van der Waals surface area contributed by atoms with Gasteiger partial charge in [-0.15, -0.1) is 0 Å². The summed E-state index contributed by atoms with van der Waals surface area (Å²) < 4.78 is 41.4. The van der Waals surface area contributed by atoms with Crippen LogP contribution in [0.15, 0.2) is 42.6 Å². The molecule has 200 valence electrons. The predicted molar refractivity (Wildman–Crippen MR) is 144 cm³/mol. The van der Waals surface area contributed by atoms with E-state index in [9.17, 15) is 18.4 Å². The Labute approximate surface area is 221 Å². The molecule has 4 rings (SSSR count). The van der Waals surface area contributed by atoms with E-state index in [0.717, 1.165) is 36.9 Å². The standard InChI is InChI=1S/C29H33F3N6/c1-28(2,19-33)27-11-9-23(17-36-27)34-12-4-7-25-15-22-14-21(16-35-24-6-5-13-37(3)18-24)8-10-26(22)38(25)20-29(30,31)32/h8-11,14-15,17,24,34-35H,5-6,12-13,16,18,20H2,1-3H3. The number of pyridine rings is 1. The average molecular weight is 523 g/mol. The summed E-state index contributed by atoms with van der Waals surface area (Å²) in [6.45, 7) is 5.51. The summed E-state index contributed by atoms with van der Waals surface area (Å²) in [5.41, 5.74) is 2.56. The molecule has 0 saturated carbocycles. The van der Waals surface area contributed by atoms with Crippen molar-refractivity contribution >= 4 is 16.6 Å². The van der Waals surface area contributed by atoms with Crippen LogP contribution in [-0.4, -0.2) is 53.4 Å². The highest BCUT2D eigenvalue weighted by Gasteiger charge is 2.29. The van der Waals surface area contributed by atoms with Gasteiger partial charge in [-0.05, 0) is 82.1 Å². The predicted octanol–water partition coefficient (Wildman–Crippen LogP) is 5.05. The van der Waals surface area contributed by atoms with Crippen molar-refractivity contribution < 1.29 is 13.2 Å². The lowest BCUT2D eigenvalue weighted by Crippen LogP contribution is -2.43. The zero-order valence-corrected chi connectivity index (χ0v) is 22.0. The summed E-state index contributed by atoms with van der Waals surface area (Å²) >= 11 is 0. The molecule has 6 nitrogen and oxygen atoms in total. The molecule has 3 aromatic rings. The number of fused-ring (bicyclic) bond motifs is 1. The maximum atomic E-state index is 13.4. The minimum absolute atomic E-state index is 0.237. The van der Waals surface area contributed by atoms with Crippen LogP contribution in [0, 0.1) is 23.2 Å². The Bertz CT molecular complexity index is 1360. The van der Waals surface area contributed by atoms with Crippen LogP contribution in [0.5, 0.6) is 0 Å². The van der Waals surface area contributed by atoms with Crippen molar-refractivity contribution in [1.82, 2.24) is 19.8 Å². The molecule has 0 spiro atoms. The number of likely N-dealkylation sites (N-methyl/N-ethyl adjacent to an activating group) is 1. The monoisotopic (exact) mass is 522 g/mol. The number of halogens is 3. The molecule has 1 aliphatic heterocycles. The fourth-order valence-electron chi connectivity index (χ4n) is 4.69. The van der Waals surface area contributed by atoms with Gasteiger partial charge in [0.2, 0.25) is 0 Å². The summed E-state index contributed by atoms with van der Waals surface area (Å²) in [7, 11) is 2.12. The molecule has 0 amide bonds. The third-order valence-corrected chi connectivity index (χ3v) is 6.80. The fraction of sp³-hybridized carbons (Fsp3) is 0.448. The number of likely N-dealkylation sites (tertiary alicyclic amines) is 1. The maximum absolute atomic E-state index is 13.4. The van der Waals surface area contributed by atoms with Gasteiger partial charge >= 0.3 is 6.18 Å². The Morgan fingerprint density at radius 1 is 1.16 bits per heavy atom. The smallest absolute Gasteiger partial charge is 0.373 e. The summed E-state index contributed by atoms with van der Waals surface area (Å²) in [6.07, 6.45) is -0.456. The van der Waals surface area contributed by atoms with Crippen molar-refractivity contribution in [2.45, 2.75) is 57.4 Å². The summed E-state index contributed by atoms with van der Waals surface area (Å²) in [4.78, 5) is 6.64. The van der Waals surface area contributed by atoms with Crippen molar-refractivity contribution in [2.24, 2.45) is 0 Å². The fourth-order valence-corrected chi connectivity index (χ4v) is 4.69. The van der Waals surface area contributed by atoms with E-state index in [-0.39, 0.29) is 6.54 Å². The molecule has 1 saturated heterocycles. The van der Waals surface area contributed by atoms with Crippen LogP contribution in [0.1, 0.15) is 43.6 Å². The lowest BCUT2D eigenvalue weighted by atomic mass is 9.91. The number of alkyl halides is 3. The van der Waals surface area contributed by atoms with E-state index < -0.39 is 18.1 Å². The molecule has 1 aromatic carbocycles. The molecular formula is C29H33F3N6. The maximum Gasteiger partial charge on any atom is 0.406 e. The minimum Gasteiger partial charge on any atom is -0.373 e. The van der Waals surface area contributed by atoms with Gasteiger partial charge in [0.15, 0.2) is 0 Å². The van der Waals surface area contributed by atoms with Crippen LogP contribution >= 0.6 is 0 Å². The van der Waals surface area contributed by atoms with Crippen LogP contribution in [-0.2, 0) is 18.5 Å². The molecule has 0 bridgehead atoms. The zero-order valence-electron chi connectivity index (χ0n) is 22.0. The topological polar surface area (TPSA) is 68.9 Å². The van der Waals surface area contributed by atoms with Gasteiger partial charge in [-0.2, -0.15) is 18.4 Å². The van der Waals surface area contributed by atoms with Crippen LogP contribution in [0.2, 0.25) is 0 Å². The van der Waals surface area contributed by atoms with Gasteiger partial charge in [0.1, 0.15) is 6.54 Å². The third-order valence-electron chi connectivity index (χ3n) is 6.80. The van der Waals surface area contributed by atoms with Gasteiger partial charge in [0.05, 0.1) is 41.3 Å². The molecule has 0 aliphatic carbocycles. The van der Waals surface area contributed by atoms with Crippen LogP contribution in [0.4, 0.5) is 18.9 Å². The normalized spacial score (nSPS) is 16.6. The van der Waals surface area contributed by atoms with Gasteiger partial charge in [-0.3, -0.25) is 4.98 Å². The molecule has 9 heteroatoms. The number of piperidine rings is 1. The van der Waals surface area contributed by atoms with E-state index in [1.54, 1.807) is 38.2 Å². The second kappa shape index (κ2) is 11.5. The highest BCUT2D eigenvalue weighted by atomic mass is 19.4. The molecule has 38 heavy (non-hydrogen) atoms. The molecular weight excluding hydrogens is 489 g/mol. The van der Waals surface area contributed by atoms with Crippen LogP contribution in [0.25, 0.3) is 10.9 Å².